The molecule has 2 N–H and O–H groups in total. The number of carbonyl (C=O) groups excluding carboxylic acids is 2. The number of benzene rings is 1. The zero-order chi connectivity index (χ0) is 13.9. The van der Waals surface area contributed by atoms with Gasteiger partial charge in [0.05, 0.1) is 11.5 Å². The molecule has 102 valence electrons. The van der Waals surface area contributed by atoms with E-state index in [0.717, 1.165) is 5.56 Å². The van der Waals surface area contributed by atoms with E-state index in [1.54, 1.807) is 0 Å². The summed E-state index contributed by atoms with van der Waals surface area (Å²) in [6.07, 6.45) is -0.471. The van der Waals surface area contributed by atoms with Gasteiger partial charge < -0.3 is 15.4 Å². The molecule has 0 spiro atoms. The highest BCUT2D eigenvalue weighted by molar-refractivity contribution is 5.89. The van der Waals surface area contributed by atoms with Gasteiger partial charge in [0.2, 0.25) is 5.91 Å². The maximum atomic E-state index is 11.5. The quantitative estimate of drug-likeness (QED) is 0.807. The third kappa shape index (κ3) is 3.05. The van der Waals surface area contributed by atoms with Crippen molar-refractivity contribution < 1.29 is 14.3 Å². The molecule has 0 aromatic heterocycles. The summed E-state index contributed by atoms with van der Waals surface area (Å²) in [5, 5.41) is 5.41. The summed E-state index contributed by atoms with van der Waals surface area (Å²) < 4.78 is 5.08. The summed E-state index contributed by atoms with van der Waals surface area (Å²) in [6, 6.07) is 9.44. The molecule has 2 amide bonds. The lowest BCUT2D eigenvalue weighted by Crippen LogP contribution is -2.67. The van der Waals surface area contributed by atoms with Crippen LogP contribution in [0.15, 0.2) is 30.3 Å². The lowest BCUT2D eigenvalue weighted by atomic mass is 9.76. The molecule has 19 heavy (non-hydrogen) atoms. The maximum Gasteiger partial charge on any atom is 0.407 e. The van der Waals surface area contributed by atoms with Crippen LogP contribution in [0.1, 0.15) is 19.4 Å². The van der Waals surface area contributed by atoms with E-state index < -0.39 is 11.5 Å². The minimum Gasteiger partial charge on any atom is -0.445 e. The highest BCUT2D eigenvalue weighted by atomic mass is 16.5. The first kappa shape index (κ1) is 13.4. The van der Waals surface area contributed by atoms with Crippen molar-refractivity contribution in [3.8, 4) is 0 Å². The number of nitrogens with one attached hydrogen (secondary N) is 2. The molecule has 1 aliphatic rings. The number of β-lactam (4-membered cyclic amide) rings is 1. The van der Waals surface area contributed by atoms with E-state index in [1.165, 1.54) is 0 Å². The molecule has 1 saturated heterocycles. The third-order valence-electron chi connectivity index (χ3n) is 3.42. The van der Waals surface area contributed by atoms with Gasteiger partial charge in [0.1, 0.15) is 6.61 Å². The topological polar surface area (TPSA) is 67.4 Å². The van der Waals surface area contributed by atoms with E-state index >= 15 is 0 Å². The summed E-state index contributed by atoms with van der Waals surface area (Å²) in [5.74, 6) is 0.0111. The van der Waals surface area contributed by atoms with Crippen LogP contribution in [0.25, 0.3) is 0 Å². The standard InChI is InChI=1S/C14H18N2O3/c1-14(2)11(16-12(14)17)8-15-13(18)19-9-10-6-4-3-5-7-10/h3-7,11H,8-9H2,1-2H3,(H,15,18)(H,16,17). The van der Waals surface area contributed by atoms with Crippen LogP contribution in [0.2, 0.25) is 0 Å². The first-order valence-corrected chi connectivity index (χ1v) is 6.25. The minimum absolute atomic E-state index is 0.0111. The summed E-state index contributed by atoms with van der Waals surface area (Å²) in [4.78, 5) is 22.8. The average molecular weight is 262 g/mol. The number of carbonyl (C=O) groups is 2. The van der Waals surface area contributed by atoms with Gasteiger partial charge in [0.25, 0.3) is 0 Å². The van der Waals surface area contributed by atoms with Crippen LogP contribution in [0.5, 0.6) is 0 Å². The lowest BCUT2D eigenvalue weighted by molar-refractivity contribution is -0.142. The Morgan fingerprint density at radius 2 is 2.05 bits per heavy atom. The maximum absolute atomic E-state index is 11.5. The van der Waals surface area contributed by atoms with Gasteiger partial charge in [-0.2, -0.15) is 0 Å². The van der Waals surface area contributed by atoms with Gasteiger partial charge in [-0.05, 0) is 19.4 Å². The summed E-state index contributed by atoms with van der Waals surface area (Å²) in [5.41, 5.74) is 0.516. The molecule has 1 unspecified atom stereocenters. The van der Waals surface area contributed by atoms with Crippen molar-refractivity contribution in [2.75, 3.05) is 6.54 Å². The fourth-order valence-corrected chi connectivity index (χ4v) is 1.87. The highest BCUT2D eigenvalue weighted by Crippen LogP contribution is 2.28. The number of ether oxygens (including phenoxy) is 1. The van der Waals surface area contributed by atoms with Crippen LogP contribution in [0.4, 0.5) is 4.79 Å². The molecule has 1 atom stereocenters. The predicted octanol–water partition coefficient (Wildman–Crippen LogP) is 1.44. The van der Waals surface area contributed by atoms with Crippen molar-refractivity contribution >= 4 is 12.0 Å². The lowest BCUT2D eigenvalue weighted by Gasteiger charge is -2.43. The summed E-state index contributed by atoms with van der Waals surface area (Å²) in [6.45, 7) is 4.33. The van der Waals surface area contributed by atoms with Gasteiger partial charge in [0, 0.05) is 6.54 Å². The molecule has 0 bridgehead atoms. The summed E-state index contributed by atoms with van der Waals surface area (Å²) in [7, 11) is 0. The molecular formula is C14H18N2O3. The van der Waals surface area contributed by atoms with Crippen LogP contribution in [0, 0.1) is 5.41 Å². The molecule has 0 radical (unpaired) electrons. The Balaban J connectivity index is 1.70. The van der Waals surface area contributed by atoms with Gasteiger partial charge in [-0.15, -0.1) is 0 Å². The Bertz CT molecular complexity index is 471. The number of hydrogen-bond donors (Lipinski definition) is 2. The van der Waals surface area contributed by atoms with E-state index in [1.807, 2.05) is 44.2 Å². The zero-order valence-corrected chi connectivity index (χ0v) is 11.1. The van der Waals surface area contributed by atoms with Crippen LogP contribution < -0.4 is 10.6 Å². The molecule has 1 aromatic rings. The molecule has 1 aromatic carbocycles. The van der Waals surface area contributed by atoms with E-state index in [0.29, 0.717) is 6.54 Å². The SMILES string of the molecule is CC1(C)C(=O)NC1CNC(=O)OCc1ccccc1. The fraction of sp³-hybridized carbons (Fsp3) is 0.429. The van der Waals surface area contributed by atoms with Crippen LogP contribution in [0.3, 0.4) is 0 Å². The number of alkyl carbamates (subject to hydrolysis) is 1. The first-order chi connectivity index (χ1) is 9.00. The van der Waals surface area contributed by atoms with Gasteiger partial charge in [-0.3, -0.25) is 4.79 Å². The third-order valence-corrected chi connectivity index (χ3v) is 3.42. The monoisotopic (exact) mass is 262 g/mol. The van der Waals surface area contributed by atoms with Crippen LogP contribution in [-0.4, -0.2) is 24.6 Å². The molecule has 2 rings (SSSR count). The van der Waals surface area contributed by atoms with E-state index in [4.69, 9.17) is 4.74 Å². The van der Waals surface area contributed by atoms with Crippen molar-refractivity contribution in [2.24, 2.45) is 5.41 Å². The van der Waals surface area contributed by atoms with Crippen molar-refractivity contribution in [3.63, 3.8) is 0 Å². The average Bonchev–Trinajstić information content (AvgIpc) is 2.42. The minimum atomic E-state index is -0.471. The second-order valence-electron chi connectivity index (χ2n) is 5.19. The van der Waals surface area contributed by atoms with Gasteiger partial charge in [0.15, 0.2) is 0 Å². The Hall–Kier alpha value is -2.04. The molecule has 1 aliphatic heterocycles. The smallest absolute Gasteiger partial charge is 0.407 e. The Labute approximate surface area is 112 Å². The zero-order valence-electron chi connectivity index (χ0n) is 11.1. The van der Waals surface area contributed by atoms with Crippen molar-refractivity contribution in [1.82, 2.24) is 10.6 Å². The number of rotatable bonds is 4. The Morgan fingerprint density at radius 3 is 2.63 bits per heavy atom. The molecule has 5 nitrogen and oxygen atoms in total. The second kappa shape index (κ2) is 5.30. The van der Waals surface area contributed by atoms with Crippen LogP contribution >= 0.6 is 0 Å². The Morgan fingerprint density at radius 1 is 1.37 bits per heavy atom. The van der Waals surface area contributed by atoms with E-state index in [-0.39, 0.29) is 18.6 Å². The normalized spacial score (nSPS) is 20.1. The number of amides is 2. The van der Waals surface area contributed by atoms with Gasteiger partial charge >= 0.3 is 6.09 Å². The predicted molar refractivity (Wildman–Crippen MR) is 70.3 cm³/mol. The van der Waals surface area contributed by atoms with Gasteiger partial charge in [-0.25, -0.2) is 4.79 Å². The largest absolute Gasteiger partial charge is 0.445 e. The van der Waals surface area contributed by atoms with E-state index in [2.05, 4.69) is 10.6 Å². The fourth-order valence-electron chi connectivity index (χ4n) is 1.87. The highest BCUT2D eigenvalue weighted by Gasteiger charge is 2.47. The Kier molecular flexibility index (Phi) is 3.74. The van der Waals surface area contributed by atoms with Crippen molar-refractivity contribution in [2.45, 2.75) is 26.5 Å². The molecule has 1 heterocycles. The first-order valence-electron chi connectivity index (χ1n) is 6.25. The van der Waals surface area contributed by atoms with Crippen molar-refractivity contribution in [3.05, 3.63) is 35.9 Å². The second-order valence-corrected chi connectivity index (χ2v) is 5.19. The van der Waals surface area contributed by atoms with E-state index in [9.17, 15) is 9.59 Å². The van der Waals surface area contributed by atoms with Crippen molar-refractivity contribution in [1.29, 1.82) is 0 Å². The molecule has 0 aliphatic carbocycles. The molecular weight excluding hydrogens is 244 g/mol. The molecule has 0 saturated carbocycles. The van der Waals surface area contributed by atoms with Crippen LogP contribution in [-0.2, 0) is 16.1 Å². The molecule has 1 fully saturated rings. The van der Waals surface area contributed by atoms with Gasteiger partial charge in [-0.1, -0.05) is 30.3 Å². The number of hydrogen-bond acceptors (Lipinski definition) is 3. The summed E-state index contributed by atoms with van der Waals surface area (Å²) >= 11 is 0. The molecule has 5 heteroatoms.